The largest absolute Gasteiger partial charge is 0.493 e. The maximum atomic E-state index is 8.62. The molecule has 0 N–H and O–H groups in total. The van der Waals surface area contributed by atoms with Crippen molar-refractivity contribution in [3.63, 3.8) is 0 Å². The van der Waals surface area contributed by atoms with Crippen LogP contribution in [0.15, 0.2) is 6.07 Å². The fourth-order valence-corrected chi connectivity index (χ4v) is 2.12. The number of unbranched alkanes of at least 4 members (excludes halogenated alkanes) is 1. The van der Waals surface area contributed by atoms with Crippen molar-refractivity contribution >= 4 is 11.6 Å². The van der Waals surface area contributed by atoms with Crippen molar-refractivity contribution in [2.24, 2.45) is 0 Å². The molecule has 98 valence electrons. The molecule has 0 bridgehead atoms. The Morgan fingerprint density at radius 1 is 1.39 bits per heavy atom. The van der Waals surface area contributed by atoms with Gasteiger partial charge in [0.2, 0.25) is 0 Å². The zero-order chi connectivity index (χ0) is 13.5. The number of hydrogen-bond acceptors (Lipinski definition) is 2. The van der Waals surface area contributed by atoms with E-state index >= 15 is 0 Å². The molecule has 0 saturated carbocycles. The summed E-state index contributed by atoms with van der Waals surface area (Å²) in [7, 11) is 0. The average Bonchev–Trinajstić information content (AvgIpc) is 2.37. The van der Waals surface area contributed by atoms with E-state index in [-0.39, 0.29) is 0 Å². The molecule has 0 atom stereocenters. The van der Waals surface area contributed by atoms with Crippen molar-refractivity contribution in [1.82, 2.24) is 0 Å². The van der Waals surface area contributed by atoms with Crippen LogP contribution in [0.5, 0.6) is 5.75 Å². The van der Waals surface area contributed by atoms with Crippen LogP contribution < -0.4 is 4.74 Å². The lowest BCUT2D eigenvalue weighted by molar-refractivity contribution is 0.313. The summed E-state index contributed by atoms with van der Waals surface area (Å²) in [5, 5.41) is 9.43. The highest BCUT2D eigenvalue weighted by Crippen LogP contribution is 2.32. The van der Waals surface area contributed by atoms with E-state index in [9.17, 15) is 0 Å². The molecule has 0 aliphatic heterocycles. The van der Waals surface area contributed by atoms with Crippen molar-refractivity contribution in [1.29, 1.82) is 5.26 Å². The van der Waals surface area contributed by atoms with Gasteiger partial charge in [-0.3, -0.25) is 0 Å². The van der Waals surface area contributed by atoms with Crippen molar-refractivity contribution < 1.29 is 4.74 Å². The molecule has 0 amide bonds. The highest BCUT2D eigenvalue weighted by molar-refractivity contribution is 6.32. The van der Waals surface area contributed by atoms with Crippen LogP contribution in [0.1, 0.15) is 42.9 Å². The van der Waals surface area contributed by atoms with Crippen LogP contribution in [0.2, 0.25) is 5.02 Å². The number of halogens is 1. The number of rotatable bonds is 6. The summed E-state index contributed by atoms with van der Waals surface area (Å²) in [5.74, 6) is 0.925. The standard InChI is InChI=1S/C15H20ClNO/c1-4-9-18-14-10-11(2)15(16)12(3)13(14)7-5-6-8-17/h10H,4-7,9H2,1-3H3. The van der Waals surface area contributed by atoms with Gasteiger partial charge in [0.25, 0.3) is 0 Å². The molecule has 0 aliphatic rings. The van der Waals surface area contributed by atoms with Crippen molar-refractivity contribution in [2.45, 2.75) is 46.5 Å². The van der Waals surface area contributed by atoms with Crippen LogP contribution in [-0.4, -0.2) is 6.61 Å². The van der Waals surface area contributed by atoms with Gasteiger partial charge in [0.05, 0.1) is 12.7 Å². The van der Waals surface area contributed by atoms with E-state index in [4.69, 9.17) is 21.6 Å². The van der Waals surface area contributed by atoms with Gasteiger partial charge in [-0.15, -0.1) is 0 Å². The second-order valence-corrected chi connectivity index (χ2v) is 4.85. The van der Waals surface area contributed by atoms with E-state index in [1.807, 2.05) is 19.9 Å². The first-order chi connectivity index (χ1) is 8.61. The summed E-state index contributed by atoms with van der Waals surface area (Å²) >= 11 is 6.28. The molecule has 1 aromatic rings. The summed E-state index contributed by atoms with van der Waals surface area (Å²) < 4.78 is 5.79. The molecule has 0 saturated heterocycles. The van der Waals surface area contributed by atoms with Gasteiger partial charge in [-0.25, -0.2) is 0 Å². The van der Waals surface area contributed by atoms with Crippen molar-refractivity contribution in [3.8, 4) is 11.8 Å². The monoisotopic (exact) mass is 265 g/mol. The SMILES string of the molecule is CCCOc1cc(C)c(Cl)c(C)c1CCCC#N. The highest BCUT2D eigenvalue weighted by Gasteiger charge is 2.12. The Morgan fingerprint density at radius 2 is 2.11 bits per heavy atom. The summed E-state index contributed by atoms with van der Waals surface area (Å²) in [6.45, 7) is 6.82. The number of hydrogen-bond donors (Lipinski definition) is 0. The molecule has 0 unspecified atom stereocenters. The smallest absolute Gasteiger partial charge is 0.123 e. The molecule has 18 heavy (non-hydrogen) atoms. The van der Waals surface area contributed by atoms with E-state index in [0.717, 1.165) is 46.7 Å². The van der Waals surface area contributed by atoms with Gasteiger partial charge in [0, 0.05) is 11.4 Å². The topological polar surface area (TPSA) is 33.0 Å². The fourth-order valence-electron chi connectivity index (χ4n) is 1.96. The Balaban J connectivity index is 3.01. The lowest BCUT2D eigenvalue weighted by atomic mass is 9.99. The average molecular weight is 266 g/mol. The highest BCUT2D eigenvalue weighted by atomic mass is 35.5. The van der Waals surface area contributed by atoms with Crippen LogP contribution in [0.3, 0.4) is 0 Å². The second-order valence-electron chi connectivity index (χ2n) is 4.47. The van der Waals surface area contributed by atoms with Gasteiger partial charge in [0.1, 0.15) is 5.75 Å². The number of ether oxygens (including phenoxy) is 1. The van der Waals surface area contributed by atoms with Gasteiger partial charge >= 0.3 is 0 Å². The third-order valence-corrected chi connectivity index (χ3v) is 3.53. The lowest BCUT2D eigenvalue weighted by Crippen LogP contribution is -2.02. The quantitative estimate of drug-likeness (QED) is 0.705. The Kier molecular flexibility index (Phi) is 6.01. The lowest BCUT2D eigenvalue weighted by Gasteiger charge is -2.16. The van der Waals surface area contributed by atoms with Crippen molar-refractivity contribution in [3.05, 3.63) is 27.8 Å². The molecular formula is C15H20ClNO. The molecule has 0 radical (unpaired) electrons. The molecule has 3 heteroatoms. The van der Waals surface area contributed by atoms with E-state index < -0.39 is 0 Å². The van der Waals surface area contributed by atoms with Gasteiger partial charge < -0.3 is 4.74 Å². The summed E-state index contributed by atoms with van der Waals surface area (Å²) in [6, 6.07) is 4.18. The van der Waals surface area contributed by atoms with E-state index in [1.165, 1.54) is 0 Å². The molecule has 1 aromatic carbocycles. The van der Waals surface area contributed by atoms with E-state index in [1.54, 1.807) is 0 Å². The zero-order valence-corrected chi connectivity index (χ0v) is 12.1. The summed E-state index contributed by atoms with van der Waals surface area (Å²) in [4.78, 5) is 0. The first kappa shape index (κ1) is 14.9. The maximum absolute atomic E-state index is 8.62. The van der Waals surface area contributed by atoms with E-state index in [2.05, 4.69) is 13.0 Å². The Labute approximate surface area is 115 Å². The van der Waals surface area contributed by atoms with Gasteiger partial charge in [-0.1, -0.05) is 18.5 Å². The third kappa shape index (κ3) is 3.65. The number of nitrogens with zero attached hydrogens (tertiary/aromatic N) is 1. The van der Waals surface area contributed by atoms with Crippen LogP contribution in [0.4, 0.5) is 0 Å². The summed E-state index contributed by atoms with van der Waals surface area (Å²) in [5.41, 5.74) is 3.28. The van der Waals surface area contributed by atoms with Gasteiger partial charge in [0.15, 0.2) is 0 Å². The van der Waals surface area contributed by atoms with Gasteiger partial charge in [-0.05, 0) is 55.9 Å². The Morgan fingerprint density at radius 3 is 2.72 bits per heavy atom. The van der Waals surface area contributed by atoms with Crippen LogP contribution >= 0.6 is 11.6 Å². The number of aryl methyl sites for hydroxylation is 1. The Bertz CT molecular complexity index is 449. The summed E-state index contributed by atoms with van der Waals surface area (Å²) in [6.07, 6.45) is 3.24. The first-order valence-corrected chi connectivity index (χ1v) is 6.77. The minimum Gasteiger partial charge on any atom is -0.493 e. The molecule has 0 aliphatic carbocycles. The van der Waals surface area contributed by atoms with Crippen LogP contribution in [0.25, 0.3) is 0 Å². The second kappa shape index (κ2) is 7.28. The Hall–Kier alpha value is -1.20. The van der Waals surface area contributed by atoms with Crippen LogP contribution in [-0.2, 0) is 6.42 Å². The van der Waals surface area contributed by atoms with Gasteiger partial charge in [-0.2, -0.15) is 5.26 Å². The number of nitriles is 1. The van der Waals surface area contributed by atoms with E-state index in [0.29, 0.717) is 13.0 Å². The minimum absolute atomic E-state index is 0.568. The maximum Gasteiger partial charge on any atom is 0.123 e. The fraction of sp³-hybridized carbons (Fsp3) is 0.533. The number of benzene rings is 1. The molecule has 0 aromatic heterocycles. The predicted octanol–water partition coefficient (Wildman–Crippen LogP) is 4.59. The molecule has 1 rings (SSSR count). The van der Waals surface area contributed by atoms with Crippen molar-refractivity contribution in [2.75, 3.05) is 6.61 Å². The van der Waals surface area contributed by atoms with Crippen LogP contribution in [0, 0.1) is 25.2 Å². The first-order valence-electron chi connectivity index (χ1n) is 6.40. The third-order valence-electron chi connectivity index (χ3n) is 2.95. The molecular weight excluding hydrogens is 246 g/mol. The zero-order valence-electron chi connectivity index (χ0n) is 11.3. The molecule has 0 fully saturated rings. The molecule has 0 spiro atoms. The minimum atomic E-state index is 0.568. The normalized spacial score (nSPS) is 10.2. The predicted molar refractivity (Wildman–Crippen MR) is 75.3 cm³/mol. The molecule has 2 nitrogen and oxygen atoms in total. The molecule has 0 heterocycles.